The Bertz CT molecular complexity index is 349. The molecule has 0 saturated heterocycles. The summed E-state index contributed by atoms with van der Waals surface area (Å²) in [6, 6.07) is 5.28. The van der Waals surface area contributed by atoms with Gasteiger partial charge in [0.05, 0.1) is 6.42 Å². The molecule has 0 aliphatic carbocycles. The summed E-state index contributed by atoms with van der Waals surface area (Å²) in [4.78, 5) is 11.7. The van der Waals surface area contributed by atoms with Crippen LogP contribution in [0.1, 0.15) is 12.0 Å². The third kappa shape index (κ3) is 1.68. The van der Waals surface area contributed by atoms with Crippen molar-refractivity contribution >= 4 is 18.0 Å². The highest BCUT2D eigenvalue weighted by Crippen LogP contribution is 2.28. The number of ether oxygens (including phenoxy) is 1. The van der Waals surface area contributed by atoms with Gasteiger partial charge in [-0.2, -0.15) is 0 Å². The van der Waals surface area contributed by atoms with Gasteiger partial charge in [-0.25, -0.2) is 0 Å². The normalized spacial score (nSPS) is 15.0. The number of rotatable bonds is 1. The van der Waals surface area contributed by atoms with E-state index in [2.05, 4.69) is 0 Å². The first-order valence-electron chi connectivity index (χ1n) is 3.94. The number of aryl methyl sites for hydroxylation is 1. The number of hydrogen-bond acceptors (Lipinski definition) is 4. The van der Waals surface area contributed by atoms with Crippen molar-refractivity contribution in [1.29, 1.82) is 0 Å². The highest BCUT2D eigenvalue weighted by Gasteiger charge is 2.16. The first-order valence-corrected chi connectivity index (χ1v) is 4.72. The molecule has 0 spiro atoms. The quantitative estimate of drug-likeness (QED) is 0.424. The molecule has 4 heteroatoms. The van der Waals surface area contributed by atoms with Crippen LogP contribution >= 0.6 is 12.0 Å². The second-order valence-electron chi connectivity index (χ2n) is 2.83. The summed E-state index contributed by atoms with van der Waals surface area (Å²) in [5.74, 6) is 0.436. The minimum Gasteiger partial charge on any atom is -0.426 e. The van der Waals surface area contributed by atoms with Crippen LogP contribution < -0.4 is 4.74 Å². The van der Waals surface area contributed by atoms with Gasteiger partial charge in [0.1, 0.15) is 5.75 Å². The zero-order chi connectivity index (χ0) is 9.26. The summed E-state index contributed by atoms with van der Waals surface area (Å²) in [5, 5.41) is 0. The Morgan fingerprint density at radius 1 is 1.38 bits per heavy atom. The smallest absolute Gasteiger partial charge is 0.311 e. The number of benzene rings is 1. The minimum absolute atomic E-state index is 0.183. The van der Waals surface area contributed by atoms with E-state index in [-0.39, 0.29) is 5.97 Å². The Morgan fingerprint density at radius 3 is 3.00 bits per heavy atom. The predicted octanol–water partition coefficient (Wildman–Crippen LogP) is 2.10. The lowest BCUT2D eigenvalue weighted by Crippen LogP contribution is -2.15. The minimum atomic E-state index is -0.183. The number of carbonyl (C=O) groups is 1. The van der Waals surface area contributed by atoms with Crippen LogP contribution in [0.15, 0.2) is 23.1 Å². The van der Waals surface area contributed by atoms with E-state index in [0.29, 0.717) is 30.6 Å². The molecule has 0 radical (unpaired) electrons. The summed E-state index contributed by atoms with van der Waals surface area (Å²) in [5.41, 5.74) is 0.985. The highest BCUT2D eigenvalue weighted by atomic mass is 32.2. The first kappa shape index (κ1) is 8.59. The van der Waals surface area contributed by atoms with Gasteiger partial charge in [0, 0.05) is 16.9 Å². The lowest BCUT2D eigenvalue weighted by molar-refractivity contribution is -0.135. The molecule has 1 heterocycles. The average molecular weight is 196 g/mol. The summed E-state index contributed by atoms with van der Waals surface area (Å²) in [7, 11) is 0. The van der Waals surface area contributed by atoms with Crippen LogP contribution in [-0.2, 0) is 11.2 Å². The van der Waals surface area contributed by atoms with Gasteiger partial charge in [0.2, 0.25) is 0 Å². The van der Waals surface area contributed by atoms with E-state index in [1.54, 1.807) is 12.1 Å². The molecule has 1 aliphatic heterocycles. The Morgan fingerprint density at radius 2 is 2.23 bits per heavy atom. The van der Waals surface area contributed by atoms with Gasteiger partial charge >= 0.3 is 5.97 Å². The summed E-state index contributed by atoms with van der Waals surface area (Å²) < 4.78 is 13.8. The van der Waals surface area contributed by atoms with Crippen molar-refractivity contribution in [3.05, 3.63) is 23.8 Å². The molecule has 0 bridgehead atoms. The molecule has 2 rings (SSSR count). The molecule has 1 aromatic carbocycles. The Kier molecular flexibility index (Phi) is 2.24. The average Bonchev–Trinajstić information content (AvgIpc) is 2.17. The van der Waals surface area contributed by atoms with Crippen LogP contribution in [0.5, 0.6) is 5.75 Å². The maximum atomic E-state index is 10.9. The van der Waals surface area contributed by atoms with E-state index in [1.165, 1.54) is 0 Å². The highest BCUT2D eigenvalue weighted by molar-refractivity contribution is 7.93. The van der Waals surface area contributed by atoms with Crippen molar-refractivity contribution in [2.45, 2.75) is 17.7 Å². The van der Waals surface area contributed by atoms with Gasteiger partial charge in [-0.15, -0.1) is 0 Å². The standard InChI is InChI=1S/C9H8O3S/c10-9-4-1-6-5-7(13-11)2-3-8(6)12-9/h2-3,5,11H,1,4H2. The van der Waals surface area contributed by atoms with Crippen molar-refractivity contribution in [2.24, 2.45) is 0 Å². The molecule has 68 valence electrons. The summed E-state index contributed by atoms with van der Waals surface area (Å²) >= 11 is 0.702. The molecule has 0 saturated carbocycles. The predicted molar refractivity (Wildman–Crippen MR) is 48.9 cm³/mol. The molecule has 13 heavy (non-hydrogen) atoms. The van der Waals surface area contributed by atoms with Crippen molar-refractivity contribution in [1.82, 2.24) is 0 Å². The zero-order valence-electron chi connectivity index (χ0n) is 6.82. The fraction of sp³-hybridized carbons (Fsp3) is 0.222. The summed E-state index contributed by atoms with van der Waals surface area (Å²) in [6.07, 6.45) is 1.12. The molecular weight excluding hydrogens is 188 g/mol. The number of fused-ring (bicyclic) bond motifs is 1. The molecule has 0 atom stereocenters. The largest absolute Gasteiger partial charge is 0.426 e. The van der Waals surface area contributed by atoms with Crippen molar-refractivity contribution in [3.8, 4) is 5.75 Å². The Labute approximate surface area is 79.9 Å². The van der Waals surface area contributed by atoms with Gasteiger partial charge in [0.15, 0.2) is 0 Å². The molecule has 0 aromatic heterocycles. The fourth-order valence-corrected chi connectivity index (χ4v) is 1.64. The Balaban J connectivity index is 2.36. The third-order valence-electron chi connectivity index (χ3n) is 1.96. The van der Waals surface area contributed by atoms with Crippen LogP contribution in [0, 0.1) is 0 Å². The molecule has 0 unspecified atom stereocenters. The topological polar surface area (TPSA) is 46.5 Å². The number of carbonyl (C=O) groups excluding carboxylic acids is 1. The molecule has 0 fully saturated rings. The third-order valence-corrected chi connectivity index (χ3v) is 2.42. The monoisotopic (exact) mass is 196 g/mol. The fourth-order valence-electron chi connectivity index (χ4n) is 1.32. The van der Waals surface area contributed by atoms with Crippen LogP contribution in [0.3, 0.4) is 0 Å². The number of esters is 1. The van der Waals surface area contributed by atoms with Crippen LogP contribution in [0.25, 0.3) is 0 Å². The second-order valence-corrected chi connectivity index (χ2v) is 3.49. The Hall–Kier alpha value is -1.00. The first-order chi connectivity index (χ1) is 6.29. The van der Waals surface area contributed by atoms with Crippen molar-refractivity contribution in [3.63, 3.8) is 0 Å². The van der Waals surface area contributed by atoms with Gasteiger partial charge in [-0.05, 0) is 30.2 Å². The maximum Gasteiger partial charge on any atom is 0.311 e. The van der Waals surface area contributed by atoms with E-state index in [0.717, 1.165) is 10.5 Å². The zero-order valence-corrected chi connectivity index (χ0v) is 7.63. The van der Waals surface area contributed by atoms with Crippen LogP contribution in [-0.4, -0.2) is 10.5 Å². The van der Waals surface area contributed by atoms with E-state index in [4.69, 9.17) is 9.29 Å². The number of hydrogen-bond donors (Lipinski definition) is 1. The van der Waals surface area contributed by atoms with Crippen LogP contribution in [0.4, 0.5) is 0 Å². The molecule has 1 N–H and O–H groups in total. The van der Waals surface area contributed by atoms with Gasteiger partial charge in [-0.1, -0.05) is 0 Å². The molecule has 1 aliphatic rings. The van der Waals surface area contributed by atoms with E-state index in [1.807, 2.05) is 6.07 Å². The molecular formula is C9H8O3S. The molecule has 3 nitrogen and oxygen atoms in total. The van der Waals surface area contributed by atoms with Crippen molar-refractivity contribution in [2.75, 3.05) is 0 Å². The van der Waals surface area contributed by atoms with Crippen molar-refractivity contribution < 1.29 is 14.1 Å². The van der Waals surface area contributed by atoms with Gasteiger partial charge in [-0.3, -0.25) is 4.79 Å². The molecule has 0 amide bonds. The van der Waals surface area contributed by atoms with E-state index >= 15 is 0 Å². The van der Waals surface area contributed by atoms with Gasteiger partial charge < -0.3 is 9.29 Å². The lowest BCUT2D eigenvalue weighted by atomic mass is 10.1. The molecule has 1 aromatic rings. The maximum absolute atomic E-state index is 10.9. The van der Waals surface area contributed by atoms with E-state index in [9.17, 15) is 4.79 Å². The second kappa shape index (κ2) is 3.40. The lowest BCUT2D eigenvalue weighted by Gasteiger charge is -2.15. The SMILES string of the molecule is O=C1CCc2cc(SO)ccc2O1. The van der Waals surface area contributed by atoms with Crippen LogP contribution in [0.2, 0.25) is 0 Å². The van der Waals surface area contributed by atoms with Gasteiger partial charge in [0.25, 0.3) is 0 Å². The van der Waals surface area contributed by atoms with E-state index < -0.39 is 0 Å². The summed E-state index contributed by atoms with van der Waals surface area (Å²) in [6.45, 7) is 0.